The van der Waals surface area contributed by atoms with E-state index in [-0.39, 0.29) is 11.8 Å². The molecule has 0 aliphatic carbocycles. The number of nitrogens with one attached hydrogen (secondary N) is 1. The Balaban J connectivity index is 2.11. The summed E-state index contributed by atoms with van der Waals surface area (Å²) in [5.41, 5.74) is 1.66. The van der Waals surface area contributed by atoms with Crippen LogP contribution in [0.2, 0.25) is 0 Å². The summed E-state index contributed by atoms with van der Waals surface area (Å²) < 4.78 is 5.68. The van der Waals surface area contributed by atoms with Crippen LogP contribution in [0.4, 0.5) is 5.69 Å². The molecule has 0 saturated heterocycles. The number of ether oxygens (including phenoxy) is 1. The quantitative estimate of drug-likeness (QED) is 0.748. The fraction of sp³-hybridized carbons (Fsp3) is 0.364. The lowest BCUT2D eigenvalue weighted by molar-refractivity contribution is 0.0772. The zero-order chi connectivity index (χ0) is 19.8. The first-order valence-electron chi connectivity index (χ1n) is 9.38. The van der Waals surface area contributed by atoms with Gasteiger partial charge < -0.3 is 15.0 Å². The Morgan fingerprint density at radius 2 is 1.67 bits per heavy atom. The summed E-state index contributed by atoms with van der Waals surface area (Å²) in [5.74, 6) is 0.799. The number of rotatable bonds is 8. The van der Waals surface area contributed by atoms with Crippen LogP contribution in [0.25, 0.3) is 0 Å². The third-order valence-electron chi connectivity index (χ3n) is 4.10. The number of anilines is 1. The van der Waals surface area contributed by atoms with E-state index in [9.17, 15) is 9.59 Å². The number of carbonyl (C=O) groups excluding carboxylic acids is 2. The van der Waals surface area contributed by atoms with Gasteiger partial charge in [0.1, 0.15) is 5.75 Å². The van der Waals surface area contributed by atoms with Crippen LogP contribution < -0.4 is 10.1 Å². The summed E-state index contributed by atoms with van der Waals surface area (Å²) in [5, 5.41) is 2.86. The lowest BCUT2D eigenvalue weighted by atomic mass is 10.1. The maximum Gasteiger partial charge on any atom is 0.255 e. The zero-order valence-corrected chi connectivity index (χ0v) is 16.5. The molecule has 0 heterocycles. The zero-order valence-electron chi connectivity index (χ0n) is 16.5. The van der Waals surface area contributed by atoms with E-state index in [1.165, 1.54) is 0 Å². The number of hydrogen-bond donors (Lipinski definition) is 1. The third kappa shape index (κ3) is 5.84. The minimum absolute atomic E-state index is 0.0415. The molecule has 144 valence electrons. The molecule has 5 heteroatoms. The molecular formula is C22H28N2O3. The fourth-order valence-corrected chi connectivity index (χ4v) is 2.62. The van der Waals surface area contributed by atoms with Crippen LogP contribution in [-0.2, 0) is 0 Å². The fourth-order valence-electron chi connectivity index (χ4n) is 2.62. The number of carbonyl (C=O) groups is 2. The van der Waals surface area contributed by atoms with Crippen molar-refractivity contribution < 1.29 is 14.3 Å². The van der Waals surface area contributed by atoms with Crippen LogP contribution >= 0.6 is 0 Å². The van der Waals surface area contributed by atoms with Crippen LogP contribution in [-0.4, -0.2) is 36.4 Å². The number of hydrogen-bond acceptors (Lipinski definition) is 3. The molecule has 0 spiro atoms. The lowest BCUT2D eigenvalue weighted by Gasteiger charge is -2.19. The minimum atomic E-state index is -0.238. The van der Waals surface area contributed by atoms with Gasteiger partial charge in [-0.1, -0.05) is 26.0 Å². The molecule has 2 aromatic carbocycles. The minimum Gasteiger partial charge on any atom is -0.493 e. The van der Waals surface area contributed by atoms with Gasteiger partial charge in [0.15, 0.2) is 0 Å². The summed E-state index contributed by atoms with van der Waals surface area (Å²) in [6, 6.07) is 14.1. The van der Waals surface area contributed by atoms with Crippen molar-refractivity contribution in [1.82, 2.24) is 4.90 Å². The van der Waals surface area contributed by atoms with Gasteiger partial charge >= 0.3 is 0 Å². The molecule has 0 fully saturated rings. The Kier molecular flexibility index (Phi) is 7.41. The second-order valence-electron chi connectivity index (χ2n) is 6.75. The average molecular weight is 368 g/mol. The highest BCUT2D eigenvalue weighted by atomic mass is 16.5. The second kappa shape index (κ2) is 9.76. The molecule has 1 N–H and O–H groups in total. The number of amides is 2. The summed E-state index contributed by atoms with van der Waals surface area (Å²) in [7, 11) is 0. The van der Waals surface area contributed by atoms with Crippen molar-refractivity contribution in [3.05, 3.63) is 59.7 Å². The van der Waals surface area contributed by atoms with Crippen molar-refractivity contribution in [2.45, 2.75) is 27.7 Å². The maximum atomic E-state index is 12.6. The van der Waals surface area contributed by atoms with Crippen LogP contribution in [0.15, 0.2) is 48.5 Å². The average Bonchev–Trinajstić information content (AvgIpc) is 2.67. The van der Waals surface area contributed by atoms with Crippen molar-refractivity contribution in [3.8, 4) is 5.75 Å². The highest BCUT2D eigenvalue weighted by molar-refractivity contribution is 6.05. The number of benzene rings is 2. The van der Waals surface area contributed by atoms with Crippen molar-refractivity contribution >= 4 is 17.5 Å². The molecule has 0 aliphatic heterocycles. The smallest absolute Gasteiger partial charge is 0.255 e. The maximum absolute atomic E-state index is 12.6. The Bertz CT molecular complexity index is 783. The van der Waals surface area contributed by atoms with Crippen LogP contribution in [0.1, 0.15) is 48.4 Å². The van der Waals surface area contributed by atoms with Crippen molar-refractivity contribution in [1.29, 1.82) is 0 Å². The van der Waals surface area contributed by atoms with Gasteiger partial charge in [0, 0.05) is 29.9 Å². The standard InChI is InChI=1S/C22H28N2O3/c1-5-24(6-2)22(26)18-10-7-11-19(13-18)23-21(25)17-9-8-12-20(14-17)27-15-16(3)4/h7-14,16H,5-6,15H2,1-4H3,(H,23,25). The van der Waals surface area contributed by atoms with Gasteiger partial charge in [-0.15, -0.1) is 0 Å². The van der Waals surface area contributed by atoms with E-state index in [1.54, 1.807) is 47.4 Å². The van der Waals surface area contributed by atoms with E-state index in [2.05, 4.69) is 19.2 Å². The summed E-state index contributed by atoms with van der Waals surface area (Å²) >= 11 is 0. The molecule has 27 heavy (non-hydrogen) atoms. The van der Waals surface area contributed by atoms with E-state index in [0.29, 0.717) is 48.2 Å². The summed E-state index contributed by atoms with van der Waals surface area (Å²) in [6.45, 7) is 9.93. The first-order chi connectivity index (χ1) is 12.9. The summed E-state index contributed by atoms with van der Waals surface area (Å²) in [6.07, 6.45) is 0. The van der Waals surface area contributed by atoms with Crippen molar-refractivity contribution in [2.75, 3.05) is 25.0 Å². The largest absolute Gasteiger partial charge is 0.493 e. The Morgan fingerprint density at radius 1 is 1.00 bits per heavy atom. The van der Waals surface area contributed by atoms with E-state index >= 15 is 0 Å². The predicted molar refractivity (Wildman–Crippen MR) is 108 cm³/mol. The number of nitrogens with zero attached hydrogens (tertiary/aromatic N) is 1. The molecule has 0 unspecified atom stereocenters. The van der Waals surface area contributed by atoms with Gasteiger partial charge in [0.2, 0.25) is 0 Å². The van der Waals surface area contributed by atoms with E-state index in [4.69, 9.17) is 4.74 Å². The Morgan fingerprint density at radius 3 is 2.33 bits per heavy atom. The lowest BCUT2D eigenvalue weighted by Crippen LogP contribution is -2.30. The van der Waals surface area contributed by atoms with Crippen molar-refractivity contribution in [2.24, 2.45) is 5.92 Å². The molecule has 0 radical (unpaired) electrons. The molecule has 2 amide bonds. The topological polar surface area (TPSA) is 58.6 Å². The second-order valence-corrected chi connectivity index (χ2v) is 6.75. The van der Waals surface area contributed by atoms with E-state index in [0.717, 1.165) is 0 Å². The predicted octanol–water partition coefficient (Wildman–Crippen LogP) is 4.46. The Labute approximate surface area is 161 Å². The SMILES string of the molecule is CCN(CC)C(=O)c1cccc(NC(=O)c2cccc(OCC(C)C)c2)c1. The van der Waals surface area contributed by atoms with Crippen LogP contribution in [0.5, 0.6) is 5.75 Å². The van der Waals surface area contributed by atoms with E-state index < -0.39 is 0 Å². The van der Waals surface area contributed by atoms with Crippen LogP contribution in [0.3, 0.4) is 0 Å². The highest BCUT2D eigenvalue weighted by Gasteiger charge is 2.14. The molecule has 0 aliphatic rings. The Hall–Kier alpha value is -2.82. The molecule has 2 aromatic rings. The van der Waals surface area contributed by atoms with Crippen LogP contribution in [0, 0.1) is 5.92 Å². The first-order valence-corrected chi connectivity index (χ1v) is 9.38. The van der Waals surface area contributed by atoms with Gasteiger partial charge in [0.05, 0.1) is 6.61 Å². The molecule has 0 atom stereocenters. The molecule has 5 nitrogen and oxygen atoms in total. The molecule has 0 bridgehead atoms. The first kappa shape index (κ1) is 20.5. The summed E-state index contributed by atoms with van der Waals surface area (Å²) in [4.78, 5) is 26.8. The molecule has 2 rings (SSSR count). The third-order valence-corrected chi connectivity index (χ3v) is 4.10. The van der Waals surface area contributed by atoms with Gasteiger partial charge in [0.25, 0.3) is 11.8 Å². The molecule has 0 aromatic heterocycles. The van der Waals surface area contributed by atoms with Gasteiger partial charge in [-0.3, -0.25) is 9.59 Å². The van der Waals surface area contributed by atoms with Gasteiger partial charge in [-0.2, -0.15) is 0 Å². The highest BCUT2D eigenvalue weighted by Crippen LogP contribution is 2.17. The normalized spacial score (nSPS) is 10.6. The van der Waals surface area contributed by atoms with Gasteiger partial charge in [-0.25, -0.2) is 0 Å². The monoisotopic (exact) mass is 368 g/mol. The molecule has 0 saturated carbocycles. The molecular weight excluding hydrogens is 340 g/mol. The van der Waals surface area contributed by atoms with Gasteiger partial charge in [-0.05, 0) is 56.2 Å². The van der Waals surface area contributed by atoms with E-state index in [1.807, 2.05) is 19.9 Å². The van der Waals surface area contributed by atoms with Crippen molar-refractivity contribution in [3.63, 3.8) is 0 Å².